The lowest BCUT2D eigenvalue weighted by Gasteiger charge is -2.32. The highest BCUT2D eigenvalue weighted by molar-refractivity contribution is 5.61. The van der Waals surface area contributed by atoms with E-state index in [9.17, 15) is 18.3 Å². The Kier molecular flexibility index (Phi) is 4.00. The van der Waals surface area contributed by atoms with Crippen LogP contribution in [0, 0.1) is 0 Å². The van der Waals surface area contributed by atoms with Gasteiger partial charge >= 0.3 is 6.18 Å². The van der Waals surface area contributed by atoms with Gasteiger partial charge in [-0.2, -0.15) is 13.2 Å². The molecule has 1 aromatic rings. The predicted molar refractivity (Wildman–Crippen MR) is 72.8 cm³/mol. The average Bonchev–Trinajstić information content (AvgIpc) is 2.63. The van der Waals surface area contributed by atoms with Gasteiger partial charge in [0.25, 0.3) is 0 Å². The topological polar surface area (TPSA) is 23.5 Å². The van der Waals surface area contributed by atoms with Crippen molar-refractivity contribution in [3.8, 4) is 0 Å². The number of anilines is 1. The maximum atomic E-state index is 12.8. The zero-order valence-corrected chi connectivity index (χ0v) is 11.9. The number of hydrogen-bond donors (Lipinski definition) is 1. The van der Waals surface area contributed by atoms with Crippen molar-refractivity contribution in [3.63, 3.8) is 0 Å². The number of aliphatic hydroxyl groups excluding tert-OH is 1. The molecule has 5 heteroatoms. The molecule has 2 atom stereocenters. The van der Waals surface area contributed by atoms with E-state index in [4.69, 9.17) is 0 Å². The van der Waals surface area contributed by atoms with Crippen molar-refractivity contribution in [3.05, 3.63) is 29.3 Å². The Bertz CT molecular complexity index is 482. The molecule has 2 nitrogen and oxygen atoms in total. The van der Waals surface area contributed by atoms with Crippen LogP contribution in [0.3, 0.4) is 0 Å². The van der Waals surface area contributed by atoms with E-state index in [0.29, 0.717) is 12.8 Å². The Morgan fingerprint density at radius 2 is 1.95 bits per heavy atom. The van der Waals surface area contributed by atoms with Gasteiger partial charge in [0.05, 0.1) is 11.7 Å². The van der Waals surface area contributed by atoms with Gasteiger partial charge in [0, 0.05) is 17.8 Å². The van der Waals surface area contributed by atoms with E-state index in [1.807, 2.05) is 13.8 Å². The first-order valence-corrected chi connectivity index (χ1v) is 6.86. The number of fused-ring (bicyclic) bond motifs is 1. The summed E-state index contributed by atoms with van der Waals surface area (Å²) in [5.74, 6) is 0. The second kappa shape index (κ2) is 5.28. The molecule has 0 amide bonds. The summed E-state index contributed by atoms with van der Waals surface area (Å²) in [4.78, 5) is 2.11. The van der Waals surface area contributed by atoms with Crippen LogP contribution in [0.25, 0.3) is 0 Å². The molecule has 1 N–H and O–H groups in total. The summed E-state index contributed by atoms with van der Waals surface area (Å²) >= 11 is 0. The fraction of sp³-hybridized carbons (Fsp3) is 0.600. The third-order valence-corrected chi connectivity index (χ3v) is 3.70. The van der Waals surface area contributed by atoms with E-state index in [1.165, 1.54) is 6.07 Å². The van der Waals surface area contributed by atoms with Crippen LogP contribution in [0.5, 0.6) is 0 Å². The third-order valence-electron chi connectivity index (χ3n) is 3.70. The Morgan fingerprint density at radius 3 is 2.45 bits per heavy atom. The lowest BCUT2D eigenvalue weighted by molar-refractivity contribution is -0.137. The van der Waals surface area contributed by atoms with E-state index in [0.717, 1.165) is 17.3 Å². The van der Waals surface area contributed by atoms with Crippen LogP contribution in [-0.2, 0) is 12.6 Å². The van der Waals surface area contributed by atoms with Crippen LogP contribution in [0.2, 0.25) is 0 Å². The predicted octanol–water partition coefficient (Wildman–Crippen LogP) is 3.62. The van der Waals surface area contributed by atoms with Crippen LogP contribution >= 0.6 is 0 Å². The fourth-order valence-corrected chi connectivity index (χ4v) is 3.02. The molecule has 112 valence electrons. The highest BCUT2D eigenvalue weighted by Crippen LogP contribution is 2.39. The van der Waals surface area contributed by atoms with Gasteiger partial charge < -0.3 is 10.0 Å². The van der Waals surface area contributed by atoms with E-state index < -0.39 is 17.8 Å². The Hall–Kier alpha value is -1.23. The van der Waals surface area contributed by atoms with Gasteiger partial charge in [0.1, 0.15) is 0 Å². The van der Waals surface area contributed by atoms with Gasteiger partial charge in [-0.15, -0.1) is 0 Å². The van der Waals surface area contributed by atoms with Crippen LogP contribution in [-0.4, -0.2) is 23.3 Å². The number of nitrogens with zero attached hydrogens (tertiary/aromatic N) is 1. The standard InChI is InChI=1S/C15H20F3NO/c1-9(2)19-13(6-10(3)20)8-11-7-12(15(16,17)18)4-5-14(11)19/h4-5,7,9-10,13,20H,6,8H2,1-3H3. The molecule has 0 aliphatic carbocycles. The number of alkyl halides is 3. The summed E-state index contributed by atoms with van der Waals surface area (Å²) in [5.41, 5.74) is 0.982. The summed E-state index contributed by atoms with van der Waals surface area (Å²) < 4.78 is 38.3. The van der Waals surface area contributed by atoms with Crippen molar-refractivity contribution in [2.45, 2.75) is 58.0 Å². The van der Waals surface area contributed by atoms with Crippen molar-refractivity contribution < 1.29 is 18.3 Å². The molecule has 1 aliphatic heterocycles. The van der Waals surface area contributed by atoms with Crippen LogP contribution in [0.4, 0.5) is 18.9 Å². The highest BCUT2D eigenvalue weighted by atomic mass is 19.4. The molecule has 0 spiro atoms. The third kappa shape index (κ3) is 2.92. The first-order valence-electron chi connectivity index (χ1n) is 6.86. The number of benzene rings is 1. The molecule has 0 bridgehead atoms. The second-order valence-electron chi connectivity index (χ2n) is 5.78. The van der Waals surface area contributed by atoms with E-state index in [-0.39, 0.29) is 12.1 Å². The smallest absolute Gasteiger partial charge is 0.393 e. The molecular formula is C15H20F3NO. The summed E-state index contributed by atoms with van der Waals surface area (Å²) in [7, 11) is 0. The lowest BCUT2D eigenvalue weighted by atomic mass is 10.0. The Morgan fingerprint density at radius 1 is 1.30 bits per heavy atom. The SMILES string of the molecule is CC(O)CC1Cc2cc(C(F)(F)F)ccc2N1C(C)C. The van der Waals surface area contributed by atoms with Crippen molar-refractivity contribution >= 4 is 5.69 Å². The first-order chi connectivity index (χ1) is 9.20. The zero-order chi connectivity index (χ0) is 15.1. The Balaban J connectivity index is 2.35. The molecule has 0 saturated heterocycles. The minimum atomic E-state index is -4.31. The lowest BCUT2D eigenvalue weighted by Crippen LogP contribution is -2.39. The maximum Gasteiger partial charge on any atom is 0.416 e. The maximum absolute atomic E-state index is 12.8. The van der Waals surface area contributed by atoms with Gasteiger partial charge in [0.15, 0.2) is 0 Å². The number of rotatable bonds is 3. The molecule has 1 aromatic carbocycles. The molecular weight excluding hydrogens is 267 g/mol. The average molecular weight is 287 g/mol. The van der Waals surface area contributed by atoms with Crippen molar-refractivity contribution in [2.24, 2.45) is 0 Å². The summed E-state index contributed by atoms with van der Waals surface area (Å²) in [6.45, 7) is 5.74. The van der Waals surface area contributed by atoms with Crippen molar-refractivity contribution in [1.82, 2.24) is 0 Å². The first kappa shape index (κ1) is 15.2. The van der Waals surface area contributed by atoms with Crippen LogP contribution in [0.1, 0.15) is 38.3 Å². The molecule has 20 heavy (non-hydrogen) atoms. The van der Waals surface area contributed by atoms with Gasteiger partial charge in [-0.3, -0.25) is 0 Å². The van der Waals surface area contributed by atoms with Crippen LogP contribution < -0.4 is 4.90 Å². The largest absolute Gasteiger partial charge is 0.416 e. The summed E-state index contributed by atoms with van der Waals surface area (Å²) in [6, 6.07) is 4.19. The quantitative estimate of drug-likeness (QED) is 0.918. The van der Waals surface area contributed by atoms with Gasteiger partial charge in [-0.1, -0.05) is 0 Å². The molecule has 2 rings (SSSR count). The Labute approximate surface area is 117 Å². The molecule has 1 aliphatic rings. The second-order valence-corrected chi connectivity index (χ2v) is 5.78. The van der Waals surface area contributed by atoms with Gasteiger partial charge in [0.2, 0.25) is 0 Å². The van der Waals surface area contributed by atoms with E-state index >= 15 is 0 Å². The van der Waals surface area contributed by atoms with Gasteiger partial charge in [-0.05, 0) is 57.4 Å². The van der Waals surface area contributed by atoms with Crippen molar-refractivity contribution in [2.75, 3.05) is 4.90 Å². The molecule has 1 heterocycles. The number of aliphatic hydroxyl groups is 1. The van der Waals surface area contributed by atoms with Crippen LogP contribution in [0.15, 0.2) is 18.2 Å². The van der Waals surface area contributed by atoms with E-state index in [1.54, 1.807) is 13.0 Å². The monoisotopic (exact) mass is 287 g/mol. The summed E-state index contributed by atoms with van der Waals surface area (Å²) in [5, 5.41) is 9.57. The number of halogens is 3. The fourth-order valence-electron chi connectivity index (χ4n) is 3.02. The molecule has 2 unspecified atom stereocenters. The highest BCUT2D eigenvalue weighted by Gasteiger charge is 2.36. The summed E-state index contributed by atoms with van der Waals surface area (Å²) in [6.07, 6.45) is -3.64. The number of hydrogen-bond acceptors (Lipinski definition) is 2. The minimum absolute atomic E-state index is 0.0634. The normalized spacial score (nSPS) is 20.4. The van der Waals surface area contributed by atoms with Gasteiger partial charge in [-0.25, -0.2) is 0 Å². The molecule has 0 radical (unpaired) electrons. The molecule has 0 saturated carbocycles. The molecule has 0 fully saturated rings. The van der Waals surface area contributed by atoms with Crippen molar-refractivity contribution in [1.29, 1.82) is 0 Å². The minimum Gasteiger partial charge on any atom is -0.393 e. The zero-order valence-electron chi connectivity index (χ0n) is 11.9. The molecule has 0 aromatic heterocycles. The van der Waals surface area contributed by atoms with E-state index in [2.05, 4.69) is 4.90 Å².